The Kier molecular flexibility index (Phi) is 1.96. The zero-order valence-corrected chi connectivity index (χ0v) is 8.47. The number of fused-ring (bicyclic) bond motifs is 2. The molecule has 0 heterocycles. The molecule has 0 saturated heterocycles. The van der Waals surface area contributed by atoms with Crippen LogP contribution < -0.4 is 0 Å². The Bertz CT molecular complexity index is 220. The molecule has 0 spiro atoms. The maximum absolute atomic E-state index is 2.52. The smallest absolute Gasteiger partial charge is 0.0286 e. The van der Waals surface area contributed by atoms with Crippen molar-refractivity contribution in [3.8, 4) is 0 Å². The topological polar surface area (TPSA) is 0 Å². The van der Waals surface area contributed by atoms with Crippen molar-refractivity contribution in [3.63, 3.8) is 0 Å². The number of hydrogen-bond donors (Lipinski definition) is 0. The van der Waals surface area contributed by atoms with Crippen LogP contribution in [0.5, 0.6) is 0 Å². The Morgan fingerprint density at radius 2 is 1.77 bits per heavy atom. The first kappa shape index (κ1) is 8.08. The van der Waals surface area contributed by atoms with E-state index < -0.39 is 0 Å². The summed E-state index contributed by atoms with van der Waals surface area (Å²) in [5.41, 5.74) is 1.81. The minimum atomic E-state index is 1.08. The molecule has 0 N–H and O–H groups in total. The molecule has 0 amide bonds. The molecule has 13 heavy (non-hydrogen) atoms. The summed E-state index contributed by atoms with van der Waals surface area (Å²) < 4.78 is 0. The molecule has 0 aromatic heterocycles. The average Bonchev–Trinajstić information content (AvgIpc) is 2.80. The normalized spacial score (nSPS) is 39.5. The third-order valence-corrected chi connectivity index (χ3v) is 4.59. The van der Waals surface area contributed by atoms with Crippen molar-refractivity contribution in [1.29, 1.82) is 0 Å². The van der Waals surface area contributed by atoms with Gasteiger partial charge in [-0.15, -0.1) is 0 Å². The Hall–Kier alpha value is -0.260. The molecule has 2 fully saturated rings. The van der Waals surface area contributed by atoms with E-state index in [1.165, 1.54) is 38.5 Å². The fraction of sp³-hybridized carbons (Fsp3) is 0.846. The molecule has 72 valence electrons. The third kappa shape index (κ3) is 1.35. The first-order valence-corrected chi connectivity index (χ1v) is 6.11. The van der Waals surface area contributed by atoms with Gasteiger partial charge in [0, 0.05) is 0 Å². The molecular formula is C13H20. The van der Waals surface area contributed by atoms with Gasteiger partial charge in [0.1, 0.15) is 0 Å². The van der Waals surface area contributed by atoms with E-state index in [1.807, 2.05) is 0 Å². The van der Waals surface area contributed by atoms with Gasteiger partial charge in [0.05, 0.1) is 0 Å². The fourth-order valence-corrected chi connectivity index (χ4v) is 3.90. The molecule has 0 aromatic carbocycles. The summed E-state index contributed by atoms with van der Waals surface area (Å²) in [4.78, 5) is 0. The second-order valence-electron chi connectivity index (χ2n) is 5.33. The summed E-state index contributed by atoms with van der Waals surface area (Å²) in [5, 5.41) is 0. The lowest BCUT2D eigenvalue weighted by Gasteiger charge is -2.31. The second kappa shape index (κ2) is 3.15. The van der Waals surface area contributed by atoms with Crippen molar-refractivity contribution < 1.29 is 0 Å². The summed E-state index contributed by atoms with van der Waals surface area (Å²) in [6, 6.07) is 0. The number of allylic oxidation sites excluding steroid dienone is 2. The summed E-state index contributed by atoms with van der Waals surface area (Å²) in [5.74, 6) is 3.31. The van der Waals surface area contributed by atoms with E-state index in [1.54, 1.807) is 18.4 Å². The van der Waals surface area contributed by atoms with Gasteiger partial charge in [-0.3, -0.25) is 0 Å². The quantitative estimate of drug-likeness (QED) is 0.531. The fourth-order valence-electron chi connectivity index (χ4n) is 3.90. The molecule has 2 saturated carbocycles. The SMILES string of the molecule is C1=C2CC(C1)C(C1CCCCC1)C2. The maximum atomic E-state index is 2.52. The van der Waals surface area contributed by atoms with E-state index in [0.717, 1.165) is 17.8 Å². The molecule has 3 aliphatic carbocycles. The van der Waals surface area contributed by atoms with E-state index in [2.05, 4.69) is 6.08 Å². The molecule has 2 bridgehead atoms. The third-order valence-electron chi connectivity index (χ3n) is 4.59. The van der Waals surface area contributed by atoms with Gasteiger partial charge in [-0.2, -0.15) is 0 Å². The molecule has 0 radical (unpaired) electrons. The number of hydrogen-bond acceptors (Lipinski definition) is 0. The second-order valence-corrected chi connectivity index (χ2v) is 5.33. The van der Waals surface area contributed by atoms with E-state index in [4.69, 9.17) is 0 Å². The van der Waals surface area contributed by atoms with Crippen molar-refractivity contribution in [1.82, 2.24) is 0 Å². The summed E-state index contributed by atoms with van der Waals surface area (Å²) in [6.45, 7) is 0. The molecule has 0 aliphatic heterocycles. The Morgan fingerprint density at radius 1 is 0.923 bits per heavy atom. The molecule has 0 nitrogen and oxygen atoms in total. The van der Waals surface area contributed by atoms with Gasteiger partial charge in [-0.05, 0) is 37.0 Å². The minimum Gasteiger partial charge on any atom is -0.0850 e. The highest BCUT2D eigenvalue weighted by Crippen LogP contribution is 2.50. The van der Waals surface area contributed by atoms with Crippen LogP contribution in [0.1, 0.15) is 51.4 Å². The van der Waals surface area contributed by atoms with Gasteiger partial charge in [-0.25, -0.2) is 0 Å². The first-order chi connectivity index (χ1) is 6.43. The Labute approximate surface area is 81.4 Å². The molecule has 2 atom stereocenters. The van der Waals surface area contributed by atoms with Crippen LogP contribution in [0.15, 0.2) is 11.6 Å². The van der Waals surface area contributed by atoms with Gasteiger partial charge in [0.2, 0.25) is 0 Å². The standard InChI is InChI=1S/C13H20/c1-2-4-11(5-3-1)13-9-10-6-7-12(13)8-10/h6,11-13H,1-5,7-9H2. The van der Waals surface area contributed by atoms with Crippen molar-refractivity contribution in [2.75, 3.05) is 0 Å². The van der Waals surface area contributed by atoms with E-state index in [0.29, 0.717) is 0 Å². The molecule has 0 heteroatoms. The highest BCUT2D eigenvalue weighted by atomic mass is 14.4. The summed E-state index contributed by atoms with van der Waals surface area (Å²) >= 11 is 0. The first-order valence-electron chi connectivity index (χ1n) is 6.11. The van der Waals surface area contributed by atoms with Crippen molar-refractivity contribution in [3.05, 3.63) is 11.6 Å². The zero-order valence-electron chi connectivity index (χ0n) is 8.47. The average molecular weight is 176 g/mol. The summed E-state index contributed by atoms with van der Waals surface area (Å²) in [7, 11) is 0. The number of rotatable bonds is 1. The highest BCUT2D eigenvalue weighted by Gasteiger charge is 2.38. The van der Waals surface area contributed by atoms with Crippen LogP contribution in [0.4, 0.5) is 0 Å². The van der Waals surface area contributed by atoms with E-state index in [9.17, 15) is 0 Å². The van der Waals surface area contributed by atoms with E-state index >= 15 is 0 Å². The zero-order chi connectivity index (χ0) is 8.67. The lowest BCUT2D eigenvalue weighted by atomic mass is 9.74. The largest absolute Gasteiger partial charge is 0.0850 e. The lowest BCUT2D eigenvalue weighted by molar-refractivity contribution is 0.202. The molecule has 3 aliphatic rings. The van der Waals surface area contributed by atoms with Gasteiger partial charge in [0.25, 0.3) is 0 Å². The van der Waals surface area contributed by atoms with Crippen LogP contribution in [0.2, 0.25) is 0 Å². The van der Waals surface area contributed by atoms with Gasteiger partial charge in [0.15, 0.2) is 0 Å². The van der Waals surface area contributed by atoms with Crippen LogP contribution in [0, 0.1) is 17.8 Å². The summed E-state index contributed by atoms with van der Waals surface area (Å²) in [6.07, 6.45) is 14.6. The van der Waals surface area contributed by atoms with Crippen LogP contribution >= 0.6 is 0 Å². The Morgan fingerprint density at radius 3 is 2.38 bits per heavy atom. The van der Waals surface area contributed by atoms with Crippen LogP contribution in [0.3, 0.4) is 0 Å². The Balaban J connectivity index is 1.68. The molecule has 3 rings (SSSR count). The molecular weight excluding hydrogens is 156 g/mol. The van der Waals surface area contributed by atoms with Crippen LogP contribution in [-0.4, -0.2) is 0 Å². The van der Waals surface area contributed by atoms with Crippen molar-refractivity contribution >= 4 is 0 Å². The van der Waals surface area contributed by atoms with Crippen molar-refractivity contribution in [2.45, 2.75) is 51.4 Å². The van der Waals surface area contributed by atoms with Crippen molar-refractivity contribution in [2.24, 2.45) is 17.8 Å². The van der Waals surface area contributed by atoms with Gasteiger partial charge >= 0.3 is 0 Å². The minimum absolute atomic E-state index is 1.08. The monoisotopic (exact) mass is 176 g/mol. The van der Waals surface area contributed by atoms with Gasteiger partial charge < -0.3 is 0 Å². The highest BCUT2D eigenvalue weighted by molar-refractivity contribution is 5.18. The maximum Gasteiger partial charge on any atom is -0.0286 e. The molecule has 0 aromatic rings. The van der Waals surface area contributed by atoms with Crippen LogP contribution in [0.25, 0.3) is 0 Å². The predicted molar refractivity (Wildman–Crippen MR) is 55.5 cm³/mol. The van der Waals surface area contributed by atoms with E-state index in [-0.39, 0.29) is 0 Å². The van der Waals surface area contributed by atoms with Crippen LogP contribution in [-0.2, 0) is 0 Å². The molecule has 2 unspecified atom stereocenters. The van der Waals surface area contributed by atoms with Gasteiger partial charge in [-0.1, -0.05) is 43.8 Å². The predicted octanol–water partition coefficient (Wildman–Crippen LogP) is 3.92. The lowest BCUT2D eigenvalue weighted by Crippen LogP contribution is -2.21.